The molecule has 2 atom stereocenters. The zero-order valence-corrected chi connectivity index (χ0v) is 12.8. The summed E-state index contributed by atoms with van der Waals surface area (Å²) in [6, 6.07) is 3.56. The summed E-state index contributed by atoms with van der Waals surface area (Å²) in [6.07, 6.45) is 3.04. The molecule has 0 saturated carbocycles. The number of amides is 2. The van der Waals surface area contributed by atoms with E-state index < -0.39 is 11.9 Å². The van der Waals surface area contributed by atoms with Gasteiger partial charge in [0.1, 0.15) is 5.76 Å². The summed E-state index contributed by atoms with van der Waals surface area (Å²) in [5.74, 6) is -1.22. The lowest BCUT2D eigenvalue weighted by Gasteiger charge is -2.32. The minimum absolute atomic E-state index is 0.0634. The highest BCUT2D eigenvalue weighted by Crippen LogP contribution is 2.25. The highest BCUT2D eigenvalue weighted by Gasteiger charge is 2.38. The van der Waals surface area contributed by atoms with Gasteiger partial charge in [0.25, 0.3) is 0 Å². The van der Waals surface area contributed by atoms with Crippen molar-refractivity contribution in [3.63, 3.8) is 0 Å². The van der Waals surface area contributed by atoms with Crippen LogP contribution in [0.1, 0.15) is 25.0 Å². The third-order valence-corrected chi connectivity index (χ3v) is 4.57. The molecule has 0 aliphatic carbocycles. The molecule has 1 N–H and O–H groups in total. The smallest absolute Gasteiger partial charge is 0.308 e. The lowest BCUT2D eigenvalue weighted by atomic mass is 9.96. The Hall–Kier alpha value is -2.31. The highest BCUT2D eigenvalue weighted by atomic mass is 16.4. The van der Waals surface area contributed by atoms with E-state index in [1.165, 1.54) is 0 Å². The Labute approximate surface area is 133 Å². The van der Waals surface area contributed by atoms with E-state index in [9.17, 15) is 14.4 Å². The molecule has 2 aliphatic rings. The third kappa shape index (κ3) is 3.38. The third-order valence-electron chi connectivity index (χ3n) is 4.57. The Bertz CT molecular complexity index is 598. The number of piperidine rings is 1. The van der Waals surface area contributed by atoms with Gasteiger partial charge in [-0.2, -0.15) is 0 Å². The van der Waals surface area contributed by atoms with Crippen LogP contribution in [0, 0.1) is 11.8 Å². The Kier molecular flexibility index (Phi) is 4.36. The van der Waals surface area contributed by atoms with Crippen molar-refractivity contribution in [2.75, 3.05) is 19.6 Å². The van der Waals surface area contributed by atoms with E-state index in [4.69, 9.17) is 9.52 Å². The normalized spacial score (nSPS) is 25.0. The quantitative estimate of drug-likeness (QED) is 0.892. The monoisotopic (exact) mass is 320 g/mol. The maximum atomic E-state index is 12.6. The summed E-state index contributed by atoms with van der Waals surface area (Å²) in [7, 11) is 0. The van der Waals surface area contributed by atoms with Crippen molar-refractivity contribution in [1.29, 1.82) is 0 Å². The van der Waals surface area contributed by atoms with E-state index in [0.717, 1.165) is 0 Å². The second kappa shape index (κ2) is 6.44. The minimum atomic E-state index is -0.857. The summed E-state index contributed by atoms with van der Waals surface area (Å²) in [6.45, 7) is 1.56. The van der Waals surface area contributed by atoms with E-state index in [2.05, 4.69) is 0 Å². The molecule has 0 aromatic carbocycles. The summed E-state index contributed by atoms with van der Waals surface area (Å²) in [4.78, 5) is 39.0. The zero-order valence-electron chi connectivity index (χ0n) is 12.8. The van der Waals surface area contributed by atoms with E-state index in [-0.39, 0.29) is 30.7 Å². The van der Waals surface area contributed by atoms with E-state index in [1.807, 2.05) is 0 Å². The van der Waals surface area contributed by atoms with Gasteiger partial charge in [0.15, 0.2) is 0 Å². The van der Waals surface area contributed by atoms with Gasteiger partial charge in [-0.1, -0.05) is 0 Å². The lowest BCUT2D eigenvalue weighted by Crippen LogP contribution is -2.45. The van der Waals surface area contributed by atoms with Gasteiger partial charge < -0.3 is 19.3 Å². The number of likely N-dealkylation sites (tertiary alicyclic amines) is 2. The second-order valence-corrected chi connectivity index (χ2v) is 6.22. The van der Waals surface area contributed by atoms with Gasteiger partial charge in [0.05, 0.1) is 24.6 Å². The molecule has 0 radical (unpaired) electrons. The van der Waals surface area contributed by atoms with Gasteiger partial charge in [-0.05, 0) is 25.0 Å². The minimum Gasteiger partial charge on any atom is -0.481 e. The molecule has 2 saturated heterocycles. The van der Waals surface area contributed by atoms with Crippen molar-refractivity contribution in [1.82, 2.24) is 9.80 Å². The van der Waals surface area contributed by atoms with Crippen LogP contribution in [0.3, 0.4) is 0 Å². The molecule has 3 heterocycles. The molecule has 1 aromatic rings. The summed E-state index contributed by atoms with van der Waals surface area (Å²) in [5, 5.41) is 9.12. The van der Waals surface area contributed by atoms with Crippen molar-refractivity contribution in [2.24, 2.45) is 11.8 Å². The molecule has 2 amide bonds. The molecule has 23 heavy (non-hydrogen) atoms. The van der Waals surface area contributed by atoms with Gasteiger partial charge >= 0.3 is 5.97 Å². The average molecular weight is 320 g/mol. The largest absolute Gasteiger partial charge is 0.481 e. The fraction of sp³-hybridized carbons (Fsp3) is 0.562. The van der Waals surface area contributed by atoms with E-state index in [0.29, 0.717) is 38.2 Å². The Morgan fingerprint density at radius 1 is 1.30 bits per heavy atom. The van der Waals surface area contributed by atoms with Crippen LogP contribution in [0.2, 0.25) is 0 Å². The molecular weight excluding hydrogens is 300 g/mol. The summed E-state index contributed by atoms with van der Waals surface area (Å²) in [5.41, 5.74) is 0. The van der Waals surface area contributed by atoms with Crippen LogP contribution in [-0.4, -0.2) is 52.3 Å². The van der Waals surface area contributed by atoms with Crippen LogP contribution in [0.15, 0.2) is 22.8 Å². The molecule has 124 valence electrons. The molecule has 7 nitrogen and oxygen atoms in total. The van der Waals surface area contributed by atoms with Crippen LogP contribution in [-0.2, 0) is 20.9 Å². The Balaban J connectivity index is 1.60. The van der Waals surface area contributed by atoms with Crippen LogP contribution >= 0.6 is 0 Å². The van der Waals surface area contributed by atoms with Crippen LogP contribution in [0.5, 0.6) is 0 Å². The molecule has 0 spiro atoms. The Morgan fingerprint density at radius 2 is 2.13 bits per heavy atom. The maximum absolute atomic E-state index is 12.6. The lowest BCUT2D eigenvalue weighted by molar-refractivity contribution is -0.146. The standard InChI is InChI=1S/C16H20N2O5/c19-14-7-12(9-18(14)10-13-4-2-6-23-13)15(20)17-5-1-3-11(8-17)16(21)22/h2,4,6,11-12H,1,3,5,7-10H2,(H,21,22). The maximum Gasteiger partial charge on any atom is 0.308 e. The number of carboxylic acids is 1. The first-order valence-electron chi connectivity index (χ1n) is 7.86. The molecule has 2 aliphatic heterocycles. The van der Waals surface area contributed by atoms with Gasteiger partial charge in [0, 0.05) is 26.1 Å². The highest BCUT2D eigenvalue weighted by molar-refractivity contribution is 5.89. The SMILES string of the molecule is O=C(O)C1CCCN(C(=O)C2CC(=O)N(Cc3ccco3)C2)C1. The number of hydrogen-bond donors (Lipinski definition) is 1. The molecular formula is C16H20N2O5. The van der Waals surface area contributed by atoms with Gasteiger partial charge in [-0.25, -0.2) is 0 Å². The molecule has 2 fully saturated rings. The van der Waals surface area contributed by atoms with E-state index in [1.54, 1.807) is 28.2 Å². The first-order valence-corrected chi connectivity index (χ1v) is 7.86. The van der Waals surface area contributed by atoms with Crippen molar-refractivity contribution in [3.8, 4) is 0 Å². The number of carbonyl (C=O) groups excluding carboxylic acids is 2. The van der Waals surface area contributed by atoms with Crippen LogP contribution in [0.4, 0.5) is 0 Å². The van der Waals surface area contributed by atoms with Crippen molar-refractivity contribution in [2.45, 2.75) is 25.8 Å². The van der Waals surface area contributed by atoms with Crippen LogP contribution < -0.4 is 0 Å². The first-order chi connectivity index (χ1) is 11.0. The number of rotatable bonds is 4. The van der Waals surface area contributed by atoms with Gasteiger partial charge in [-0.3, -0.25) is 14.4 Å². The number of carboxylic acid groups (broad SMARTS) is 1. The van der Waals surface area contributed by atoms with Gasteiger partial charge in [-0.15, -0.1) is 0 Å². The molecule has 7 heteroatoms. The predicted molar refractivity (Wildman–Crippen MR) is 79.2 cm³/mol. The predicted octanol–water partition coefficient (Wildman–Crippen LogP) is 0.951. The average Bonchev–Trinajstić information content (AvgIpc) is 3.17. The van der Waals surface area contributed by atoms with Crippen molar-refractivity contribution in [3.05, 3.63) is 24.2 Å². The molecule has 2 unspecified atom stereocenters. The van der Waals surface area contributed by atoms with Crippen LogP contribution in [0.25, 0.3) is 0 Å². The van der Waals surface area contributed by atoms with Gasteiger partial charge in [0.2, 0.25) is 11.8 Å². The number of nitrogens with zero attached hydrogens (tertiary/aromatic N) is 2. The number of carbonyl (C=O) groups is 3. The van der Waals surface area contributed by atoms with Crippen molar-refractivity contribution < 1.29 is 23.9 Å². The number of furan rings is 1. The summed E-state index contributed by atoms with van der Waals surface area (Å²) < 4.78 is 5.24. The number of aliphatic carboxylic acids is 1. The fourth-order valence-electron chi connectivity index (χ4n) is 3.32. The molecule has 0 bridgehead atoms. The summed E-state index contributed by atoms with van der Waals surface area (Å²) >= 11 is 0. The first kappa shape index (κ1) is 15.6. The molecule has 1 aromatic heterocycles. The Morgan fingerprint density at radius 3 is 2.83 bits per heavy atom. The topological polar surface area (TPSA) is 91.1 Å². The van der Waals surface area contributed by atoms with Crippen molar-refractivity contribution >= 4 is 17.8 Å². The van der Waals surface area contributed by atoms with E-state index >= 15 is 0 Å². The fourth-order valence-corrected chi connectivity index (χ4v) is 3.32. The molecule has 3 rings (SSSR count). The zero-order chi connectivity index (χ0) is 16.4. The second-order valence-electron chi connectivity index (χ2n) is 6.22. The number of hydrogen-bond acceptors (Lipinski definition) is 4.